The fraction of sp³-hybridized carbons (Fsp3) is 1.00. The summed E-state index contributed by atoms with van der Waals surface area (Å²) in [5.74, 6) is 0. The highest BCUT2D eigenvalue weighted by atomic mass is 32.2. The Balaban J connectivity index is 3.07. The summed E-state index contributed by atoms with van der Waals surface area (Å²) in [6.07, 6.45) is 0. The van der Waals surface area contributed by atoms with E-state index in [4.69, 9.17) is 5.11 Å². The SMILES string of the molecule is O=[SH](=O)OCO. The quantitative estimate of drug-likeness (QED) is 0.336. The van der Waals surface area contributed by atoms with E-state index in [0.717, 1.165) is 0 Å². The lowest BCUT2D eigenvalue weighted by Crippen LogP contribution is -1.87. The molecule has 0 saturated carbocycles. The number of rotatable bonds is 2. The Bertz CT molecular complexity index is 75.5. The lowest BCUT2D eigenvalue weighted by molar-refractivity contribution is 0.110. The van der Waals surface area contributed by atoms with Gasteiger partial charge in [-0.3, -0.25) is 0 Å². The summed E-state index contributed by atoms with van der Waals surface area (Å²) >= 11 is 0. The molecular formula is CH4O4S. The summed E-state index contributed by atoms with van der Waals surface area (Å²) in [7, 11) is -2.85. The summed E-state index contributed by atoms with van der Waals surface area (Å²) in [6, 6.07) is 0. The van der Waals surface area contributed by atoms with Crippen molar-refractivity contribution in [2.24, 2.45) is 0 Å². The molecule has 0 atom stereocenters. The summed E-state index contributed by atoms with van der Waals surface area (Å²) < 4.78 is 22.1. The normalized spacial score (nSPS) is 9.67. The zero-order valence-corrected chi connectivity index (χ0v) is 3.72. The minimum Gasteiger partial charge on any atom is -0.369 e. The molecule has 38 valence electrons. The summed E-state index contributed by atoms with van der Waals surface area (Å²) in [4.78, 5) is 0. The topological polar surface area (TPSA) is 63.6 Å². The minimum absolute atomic E-state index is 0.765. The molecule has 0 bridgehead atoms. The fourth-order valence-corrected chi connectivity index (χ4v) is 0.141. The number of aliphatic hydroxyl groups is 1. The Hall–Kier alpha value is -0.130. The first-order chi connectivity index (χ1) is 2.77. The van der Waals surface area contributed by atoms with E-state index in [-0.39, 0.29) is 0 Å². The van der Waals surface area contributed by atoms with E-state index in [9.17, 15) is 8.42 Å². The molecule has 0 aromatic carbocycles. The third-order valence-corrected chi connectivity index (χ3v) is 0.489. The largest absolute Gasteiger partial charge is 0.369 e. The maximum atomic E-state index is 9.25. The molecular weight excluding hydrogens is 108 g/mol. The lowest BCUT2D eigenvalue weighted by atomic mass is 11.6. The van der Waals surface area contributed by atoms with Crippen molar-refractivity contribution in [3.05, 3.63) is 0 Å². The standard InChI is InChI=1S/CH4O4S/c2-1-5-6(3)4/h2,6H,1H2. The Morgan fingerprint density at radius 3 is 2.17 bits per heavy atom. The molecule has 0 unspecified atom stereocenters. The van der Waals surface area contributed by atoms with E-state index in [1.165, 1.54) is 0 Å². The average molecular weight is 112 g/mol. The van der Waals surface area contributed by atoms with Crippen LogP contribution < -0.4 is 0 Å². The van der Waals surface area contributed by atoms with Crippen LogP contribution in [-0.2, 0) is 15.2 Å². The smallest absolute Gasteiger partial charge is 0.259 e. The molecule has 0 aromatic rings. The van der Waals surface area contributed by atoms with Gasteiger partial charge < -0.3 is 5.11 Å². The molecule has 0 radical (unpaired) electrons. The third-order valence-electron chi connectivity index (χ3n) is 0.163. The van der Waals surface area contributed by atoms with Gasteiger partial charge in [0.1, 0.15) is 0 Å². The maximum absolute atomic E-state index is 9.25. The molecule has 0 aromatic heterocycles. The average Bonchev–Trinajstić information content (AvgIpc) is 1.35. The van der Waals surface area contributed by atoms with E-state index in [0.29, 0.717) is 0 Å². The molecule has 0 spiro atoms. The highest BCUT2D eigenvalue weighted by Gasteiger charge is 1.73. The van der Waals surface area contributed by atoms with Gasteiger partial charge in [0, 0.05) is 0 Å². The molecule has 6 heavy (non-hydrogen) atoms. The maximum Gasteiger partial charge on any atom is 0.259 e. The second-order valence-electron chi connectivity index (χ2n) is 0.482. The molecule has 0 amide bonds. The predicted octanol–water partition coefficient (Wildman–Crippen LogP) is -1.52. The van der Waals surface area contributed by atoms with Crippen molar-refractivity contribution in [2.45, 2.75) is 0 Å². The lowest BCUT2D eigenvalue weighted by Gasteiger charge is -1.77. The van der Waals surface area contributed by atoms with Crippen molar-refractivity contribution in [1.29, 1.82) is 0 Å². The van der Waals surface area contributed by atoms with Gasteiger partial charge in [0.25, 0.3) is 11.0 Å². The van der Waals surface area contributed by atoms with Gasteiger partial charge in [-0.25, -0.2) is 12.6 Å². The van der Waals surface area contributed by atoms with Crippen LogP contribution in [-0.4, -0.2) is 20.3 Å². The van der Waals surface area contributed by atoms with Crippen molar-refractivity contribution in [3.8, 4) is 0 Å². The second-order valence-corrected chi connectivity index (χ2v) is 1.19. The first-order valence-corrected chi connectivity index (χ1v) is 2.25. The van der Waals surface area contributed by atoms with Gasteiger partial charge in [0.05, 0.1) is 0 Å². The number of hydrogen-bond donors (Lipinski definition) is 2. The molecule has 0 aliphatic heterocycles. The number of hydrogen-bond acceptors (Lipinski definition) is 4. The molecule has 1 N–H and O–H groups in total. The zero-order valence-electron chi connectivity index (χ0n) is 2.83. The molecule has 0 rings (SSSR count). The Kier molecular flexibility index (Phi) is 3.01. The van der Waals surface area contributed by atoms with Gasteiger partial charge in [-0.15, -0.1) is 0 Å². The molecule has 0 saturated heterocycles. The van der Waals surface area contributed by atoms with E-state index < -0.39 is 17.8 Å². The van der Waals surface area contributed by atoms with Crippen molar-refractivity contribution < 1.29 is 17.7 Å². The Morgan fingerprint density at radius 1 is 1.67 bits per heavy atom. The van der Waals surface area contributed by atoms with Crippen LogP contribution in [0.15, 0.2) is 0 Å². The Labute approximate surface area is 36.5 Å². The van der Waals surface area contributed by atoms with Crippen LogP contribution in [0, 0.1) is 0 Å². The molecule has 0 aliphatic carbocycles. The fourth-order valence-electron chi connectivity index (χ4n) is 0.0471. The number of thiol groups is 1. The highest BCUT2D eigenvalue weighted by Crippen LogP contribution is 1.62. The molecule has 0 fully saturated rings. The van der Waals surface area contributed by atoms with E-state index >= 15 is 0 Å². The van der Waals surface area contributed by atoms with Crippen LogP contribution in [0.4, 0.5) is 0 Å². The third kappa shape index (κ3) is 3.87. The van der Waals surface area contributed by atoms with Crippen molar-refractivity contribution >= 4 is 11.0 Å². The van der Waals surface area contributed by atoms with Crippen LogP contribution >= 0.6 is 0 Å². The van der Waals surface area contributed by atoms with Crippen LogP contribution in [0.25, 0.3) is 0 Å². The summed E-state index contributed by atoms with van der Waals surface area (Å²) in [5, 5.41) is 7.63. The molecule has 0 aliphatic rings. The Morgan fingerprint density at radius 2 is 2.17 bits per heavy atom. The van der Waals surface area contributed by atoms with Crippen LogP contribution in [0.1, 0.15) is 0 Å². The molecule has 4 nitrogen and oxygen atoms in total. The first-order valence-electron chi connectivity index (χ1n) is 1.15. The van der Waals surface area contributed by atoms with Crippen LogP contribution in [0.5, 0.6) is 0 Å². The van der Waals surface area contributed by atoms with Gasteiger partial charge >= 0.3 is 0 Å². The monoisotopic (exact) mass is 112 g/mol. The summed E-state index contributed by atoms with van der Waals surface area (Å²) in [6.45, 7) is -0.765. The van der Waals surface area contributed by atoms with Crippen molar-refractivity contribution in [3.63, 3.8) is 0 Å². The van der Waals surface area contributed by atoms with E-state index in [1.54, 1.807) is 0 Å². The van der Waals surface area contributed by atoms with E-state index in [2.05, 4.69) is 4.18 Å². The van der Waals surface area contributed by atoms with Crippen LogP contribution in [0.2, 0.25) is 0 Å². The predicted molar refractivity (Wildman–Crippen MR) is 18.5 cm³/mol. The second kappa shape index (κ2) is 3.08. The molecule has 0 heterocycles. The van der Waals surface area contributed by atoms with Gasteiger partial charge in [-0.05, 0) is 0 Å². The number of aliphatic hydroxyl groups excluding tert-OH is 1. The van der Waals surface area contributed by atoms with Crippen LogP contribution in [0.3, 0.4) is 0 Å². The molecule has 5 heteroatoms. The highest BCUT2D eigenvalue weighted by molar-refractivity contribution is 7.67. The van der Waals surface area contributed by atoms with E-state index in [1.807, 2.05) is 0 Å². The zero-order chi connectivity index (χ0) is 4.99. The van der Waals surface area contributed by atoms with Gasteiger partial charge in [0.15, 0.2) is 6.79 Å². The van der Waals surface area contributed by atoms with Crippen molar-refractivity contribution in [2.75, 3.05) is 6.79 Å². The first kappa shape index (κ1) is 5.87. The van der Waals surface area contributed by atoms with Gasteiger partial charge in [0.2, 0.25) is 0 Å². The minimum atomic E-state index is -2.85. The van der Waals surface area contributed by atoms with Gasteiger partial charge in [-0.2, -0.15) is 0 Å². The summed E-state index contributed by atoms with van der Waals surface area (Å²) in [5.41, 5.74) is 0. The van der Waals surface area contributed by atoms with Crippen molar-refractivity contribution in [1.82, 2.24) is 0 Å². The van der Waals surface area contributed by atoms with Gasteiger partial charge in [-0.1, -0.05) is 0 Å².